The average Bonchev–Trinajstić information content (AvgIpc) is 2.67. The average molecular weight is 391 g/mol. The number of carbonyl (C=O) groups is 2. The predicted molar refractivity (Wildman–Crippen MR) is 91.8 cm³/mol. The number of benzene rings is 2. The fourth-order valence-electron chi connectivity index (χ4n) is 2.92. The molecule has 1 heterocycles. The second kappa shape index (κ2) is 8.53. The van der Waals surface area contributed by atoms with Gasteiger partial charge >= 0.3 is 5.97 Å². The highest BCUT2D eigenvalue weighted by Crippen LogP contribution is 2.29. The van der Waals surface area contributed by atoms with E-state index in [2.05, 4.69) is 0 Å². The lowest BCUT2D eigenvalue weighted by Crippen LogP contribution is -2.60. The Kier molecular flexibility index (Phi) is 6.10. The molecule has 0 saturated carbocycles. The molecule has 9 nitrogen and oxygen atoms in total. The van der Waals surface area contributed by atoms with Gasteiger partial charge in [0.05, 0.1) is 12.4 Å². The summed E-state index contributed by atoms with van der Waals surface area (Å²) in [5, 5.41) is 42.4. The van der Waals surface area contributed by atoms with Gasteiger partial charge in [0.25, 0.3) is 0 Å². The van der Waals surface area contributed by atoms with Crippen LogP contribution < -0.4 is 9.84 Å². The van der Waals surface area contributed by atoms with Crippen molar-refractivity contribution in [1.82, 2.24) is 0 Å². The molecule has 0 unspecified atom stereocenters. The third-order valence-electron chi connectivity index (χ3n) is 4.36. The van der Waals surface area contributed by atoms with Crippen molar-refractivity contribution in [1.29, 1.82) is 0 Å². The van der Waals surface area contributed by atoms with Gasteiger partial charge in [-0.05, 0) is 11.5 Å². The highest BCUT2D eigenvalue weighted by Gasteiger charge is 2.45. The Morgan fingerprint density at radius 2 is 1.71 bits per heavy atom. The number of aliphatic carboxylic acids is 1. The Morgan fingerprint density at radius 3 is 2.46 bits per heavy atom. The summed E-state index contributed by atoms with van der Waals surface area (Å²) in [7, 11) is 0. The number of aliphatic hydroxyl groups excluding tert-OH is 3. The second-order valence-electron chi connectivity index (χ2n) is 6.34. The van der Waals surface area contributed by atoms with Crippen LogP contribution in [0.1, 0.15) is 6.42 Å². The van der Waals surface area contributed by atoms with Gasteiger partial charge in [0, 0.05) is 5.39 Å². The first-order valence-corrected chi connectivity index (χ1v) is 8.56. The number of carboxylic acids is 1. The van der Waals surface area contributed by atoms with Crippen LogP contribution in [-0.4, -0.2) is 64.6 Å². The maximum absolute atomic E-state index is 11.3. The molecule has 0 amide bonds. The van der Waals surface area contributed by atoms with E-state index in [0.717, 1.165) is 10.8 Å². The molecule has 3 rings (SSSR count). The Hall–Kier alpha value is -2.72. The molecule has 0 bridgehead atoms. The Balaban J connectivity index is 1.73. The summed E-state index contributed by atoms with van der Waals surface area (Å²) in [5.74, 6) is -2.30. The molecule has 1 aliphatic rings. The number of hydrogen-bond donors (Lipinski definition) is 3. The largest absolute Gasteiger partial charge is 0.550 e. The minimum Gasteiger partial charge on any atom is -0.550 e. The number of carbonyl (C=O) groups excluding carboxylic acids is 2. The number of ether oxygens (including phenoxy) is 3. The lowest BCUT2D eigenvalue weighted by Gasteiger charge is -2.40. The maximum atomic E-state index is 11.3. The van der Waals surface area contributed by atoms with Gasteiger partial charge in [0.1, 0.15) is 36.8 Å². The van der Waals surface area contributed by atoms with Gasteiger partial charge in [0.2, 0.25) is 6.29 Å². The molecule has 150 valence electrons. The minimum atomic E-state index is -1.63. The van der Waals surface area contributed by atoms with E-state index in [1.54, 1.807) is 12.1 Å². The van der Waals surface area contributed by atoms with Crippen LogP contribution in [0.2, 0.25) is 0 Å². The predicted octanol–water partition coefficient (Wildman–Crippen LogP) is -1.29. The first-order valence-electron chi connectivity index (χ1n) is 8.56. The van der Waals surface area contributed by atoms with Gasteiger partial charge in [-0.25, -0.2) is 0 Å². The molecule has 0 aliphatic carbocycles. The van der Waals surface area contributed by atoms with Gasteiger partial charge in [-0.1, -0.05) is 36.4 Å². The van der Waals surface area contributed by atoms with E-state index >= 15 is 0 Å². The van der Waals surface area contributed by atoms with E-state index < -0.39 is 55.7 Å². The van der Waals surface area contributed by atoms with Gasteiger partial charge in [-0.15, -0.1) is 0 Å². The van der Waals surface area contributed by atoms with E-state index in [4.69, 9.17) is 14.2 Å². The highest BCUT2D eigenvalue weighted by molar-refractivity contribution is 5.89. The van der Waals surface area contributed by atoms with E-state index in [9.17, 15) is 30.0 Å². The second-order valence-corrected chi connectivity index (χ2v) is 6.34. The first kappa shape index (κ1) is 20.0. The maximum Gasteiger partial charge on any atom is 0.311 e. The molecule has 9 heteroatoms. The lowest BCUT2D eigenvalue weighted by atomic mass is 9.99. The van der Waals surface area contributed by atoms with Gasteiger partial charge in [-0.2, -0.15) is 0 Å². The zero-order chi connectivity index (χ0) is 20.3. The van der Waals surface area contributed by atoms with Crippen LogP contribution >= 0.6 is 0 Å². The molecular weight excluding hydrogens is 372 g/mol. The molecule has 0 spiro atoms. The highest BCUT2D eigenvalue weighted by atomic mass is 16.7. The van der Waals surface area contributed by atoms with E-state index in [-0.39, 0.29) is 0 Å². The van der Waals surface area contributed by atoms with Gasteiger partial charge < -0.3 is 39.4 Å². The fourth-order valence-corrected chi connectivity index (χ4v) is 2.92. The van der Waals surface area contributed by atoms with Crippen molar-refractivity contribution in [2.45, 2.75) is 37.1 Å². The van der Waals surface area contributed by atoms with Crippen LogP contribution in [-0.2, 0) is 19.1 Å². The lowest BCUT2D eigenvalue weighted by molar-refractivity contribution is -0.305. The SMILES string of the molecule is O=C([O-])CC(=O)OC[C@H]1O[C@@H](Oc2cccc3ccccc23)[C@H](O)[C@@H](O)[C@@H]1O. The summed E-state index contributed by atoms with van der Waals surface area (Å²) in [6.45, 7) is -0.535. The summed E-state index contributed by atoms with van der Waals surface area (Å²) in [6.07, 6.45) is -8.30. The van der Waals surface area contributed by atoms with Crippen LogP contribution in [0, 0.1) is 0 Å². The Labute approximate surface area is 159 Å². The number of hydrogen-bond acceptors (Lipinski definition) is 9. The fraction of sp³-hybridized carbons (Fsp3) is 0.368. The van der Waals surface area contributed by atoms with Gasteiger partial charge in [0.15, 0.2) is 0 Å². The third-order valence-corrected chi connectivity index (χ3v) is 4.36. The van der Waals surface area contributed by atoms with Crippen LogP contribution in [0.5, 0.6) is 5.75 Å². The number of fused-ring (bicyclic) bond motifs is 1. The zero-order valence-electron chi connectivity index (χ0n) is 14.6. The van der Waals surface area contributed by atoms with E-state index in [1.165, 1.54) is 0 Å². The van der Waals surface area contributed by atoms with Crippen molar-refractivity contribution in [3.05, 3.63) is 42.5 Å². The number of aliphatic hydroxyl groups is 3. The number of esters is 1. The zero-order valence-corrected chi connectivity index (χ0v) is 14.6. The smallest absolute Gasteiger partial charge is 0.311 e. The van der Waals surface area contributed by atoms with Crippen molar-refractivity contribution in [2.75, 3.05) is 6.61 Å². The van der Waals surface area contributed by atoms with Crippen molar-refractivity contribution < 1.29 is 44.2 Å². The summed E-state index contributed by atoms with van der Waals surface area (Å²) in [4.78, 5) is 21.7. The van der Waals surface area contributed by atoms with Crippen LogP contribution in [0.25, 0.3) is 10.8 Å². The normalized spacial score (nSPS) is 27.3. The third kappa shape index (κ3) is 4.39. The Bertz CT molecular complexity index is 847. The van der Waals surface area contributed by atoms with Crippen LogP contribution in [0.3, 0.4) is 0 Å². The van der Waals surface area contributed by atoms with Crippen molar-refractivity contribution in [3.63, 3.8) is 0 Å². The summed E-state index contributed by atoms with van der Waals surface area (Å²) >= 11 is 0. The molecule has 0 radical (unpaired) electrons. The summed E-state index contributed by atoms with van der Waals surface area (Å²) < 4.78 is 15.9. The molecule has 3 N–H and O–H groups in total. The molecule has 0 aromatic heterocycles. The number of carboxylic acid groups (broad SMARTS) is 1. The molecule has 2 aromatic rings. The molecule has 28 heavy (non-hydrogen) atoms. The Morgan fingerprint density at radius 1 is 1.00 bits per heavy atom. The van der Waals surface area contributed by atoms with Crippen molar-refractivity contribution >= 4 is 22.7 Å². The topological polar surface area (TPSA) is 146 Å². The number of rotatable bonds is 6. The molecule has 2 aromatic carbocycles. The molecular formula is C19H19O9-. The summed E-state index contributed by atoms with van der Waals surface area (Å²) in [6, 6.07) is 12.6. The van der Waals surface area contributed by atoms with Crippen LogP contribution in [0.15, 0.2) is 42.5 Å². The summed E-state index contributed by atoms with van der Waals surface area (Å²) in [5.41, 5.74) is 0. The molecule has 1 saturated heterocycles. The van der Waals surface area contributed by atoms with E-state index in [0.29, 0.717) is 5.75 Å². The molecule has 1 fully saturated rings. The quantitative estimate of drug-likeness (QED) is 0.404. The standard InChI is InChI=1S/C19H20O9/c20-14(21)8-15(22)26-9-13-16(23)17(24)18(25)19(28-13)27-12-7-3-5-10-4-1-2-6-11(10)12/h1-7,13,16-19,23-25H,8-9H2,(H,20,21)/p-1/t13-,16-,17+,18-,19-/m1/s1. The van der Waals surface area contributed by atoms with Crippen molar-refractivity contribution in [2.24, 2.45) is 0 Å². The van der Waals surface area contributed by atoms with Gasteiger partial charge in [-0.3, -0.25) is 4.79 Å². The molecule has 5 atom stereocenters. The van der Waals surface area contributed by atoms with E-state index in [1.807, 2.05) is 30.3 Å². The molecule has 1 aliphatic heterocycles. The monoisotopic (exact) mass is 391 g/mol. The first-order chi connectivity index (χ1) is 13.4. The van der Waals surface area contributed by atoms with Crippen LogP contribution in [0.4, 0.5) is 0 Å². The van der Waals surface area contributed by atoms with Crippen molar-refractivity contribution in [3.8, 4) is 5.75 Å². The minimum absolute atomic E-state index is 0.387.